The molecule has 18 heavy (non-hydrogen) atoms. The minimum atomic E-state index is -0.817. The van der Waals surface area contributed by atoms with Gasteiger partial charge in [0, 0.05) is 25.7 Å². The van der Waals surface area contributed by atoms with Gasteiger partial charge < -0.3 is 14.9 Å². The number of urea groups is 1. The van der Waals surface area contributed by atoms with Crippen LogP contribution in [-0.4, -0.2) is 52.6 Å². The van der Waals surface area contributed by atoms with Crippen molar-refractivity contribution in [1.82, 2.24) is 9.80 Å². The number of amides is 2. The van der Waals surface area contributed by atoms with Gasteiger partial charge in [0.15, 0.2) is 0 Å². The highest BCUT2D eigenvalue weighted by molar-refractivity contribution is 5.77. The summed E-state index contributed by atoms with van der Waals surface area (Å²) >= 11 is 0. The average Bonchev–Trinajstić information content (AvgIpc) is 2.85. The van der Waals surface area contributed by atoms with Gasteiger partial charge in [0.05, 0.1) is 6.42 Å². The Balaban J connectivity index is 1.98. The number of rotatable bonds is 2. The van der Waals surface area contributed by atoms with Gasteiger partial charge in [-0.1, -0.05) is 13.8 Å². The number of hydrogen-bond donors (Lipinski definition) is 1. The van der Waals surface area contributed by atoms with Crippen molar-refractivity contribution in [3.05, 3.63) is 0 Å². The van der Waals surface area contributed by atoms with Crippen molar-refractivity contribution in [3.8, 4) is 0 Å². The number of hydrogen-bond acceptors (Lipinski definition) is 2. The maximum absolute atomic E-state index is 12.4. The third kappa shape index (κ3) is 2.60. The van der Waals surface area contributed by atoms with Crippen LogP contribution in [0.15, 0.2) is 0 Å². The summed E-state index contributed by atoms with van der Waals surface area (Å²) in [6.07, 6.45) is 1.81. The maximum Gasteiger partial charge on any atom is 0.320 e. The van der Waals surface area contributed by atoms with E-state index in [-0.39, 0.29) is 18.5 Å². The van der Waals surface area contributed by atoms with Crippen LogP contribution in [0, 0.1) is 11.8 Å². The zero-order valence-electron chi connectivity index (χ0n) is 11.1. The summed E-state index contributed by atoms with van der Waals surface area (Å²) in [5, 5.41) is 8.87. The van der Waals surface area contributed by atoms with E-state index in [4.69, 9.17) is 5.11 Å². The molecule has 2 aliphatic heterocycles. The quantitative estimate of drug-likeness (QED) is 0.814. The fourth-order valence-electron chi connectivity index (χ4n) is 2.97. The number of carboxylic acids is 1. The molecule has 3 atom stereocenters. The summed E-state index contributed by atoms with van der Waals surface area (Å²) < 4.78 is 0. The molecule has 0 aromatic carbocycles. The van der Waals surface area contributed by atoms with Gasteiger partial charge in [0.25, 0.3) is 0 Å². The van der Waals surface area contributed by atoms with Crippen molar-refractivity contribution in [2.45, 2.75) is 39.2 Å². The Kier molecular flexibility index (Phi) is 3.78. The number of carbonyl (C=O) groups is 2. The van der Waals surface area contributed by atoms with Gasteiger partial charge >= 0.3 is 12.0 Å². The summed E-state index contributed by atoms with van der Waals surface area (Å²) in [5.74, 6) is 0.256. The van der Waals surface area contributed by atoms with E-state index in [1.807, 2.05) is 4.90 Å². The predicted octanol–water partition coefficient (Wildman–Crippen LogP) is 1.63. The lowest BCUT2D eigenvalue weighted by Crippen LogP contribution is -2.45. The molecule has 102 valence electrons. The number of aliphatic carboxylic acids is 1. The molecular formula is C13H22N2O3. The number of carboxylic acid groups (broad SMARTS) is 1. The number of carbonyl (C=O) groups excluding carboxylic acids is 1. The van der Waals surface area contributed by atoms with Gasteiger partial charge in [-0.05, 0) is 24.7 Å². The highest BCUT2D eigenvalue weighted by Crippen LogP contribution is 2.27. The van der Waals surface area contributed by atoms with Crippen LogP contribution in [0.2, 0.25) is 0 Å². The van der Waals surface area contributed by atoms with E-state index in [2.05, 4.69) is 13.8 Å². The van der Waals surface area contributed by atoms with Crippen LogP contribution in [0.1, 0.15) is 33.1 Å². The predicted molar refractivity (Wildman–Crippen MR) is 67.3 cm³/mol. The van der Waals surface area contributed by atoms with Gasteiger partial charge in [-0.25, -0.2) is 4.79 Å². The first kappa shape index (κ1) is 13.2. The summed E-state index contributed by atoms with van der Waals surface area (Å²) in [6, 6.07) is -0.0730. The van der Waals surface area contributed by atoms with E-state index in [9.17, 15) is 9.59 Å². The summed E-state index contributed by atoms with van der Waals surface area (Å²) in [6.45, 7) is 6.63. The lowest BCUT2D eigenvalue weighted by molar-refractivity contribution is -0.138. The molecular weight excluding hydrogens is 232 g/mol. The van der Waals surface area contributed by atoms with Crippen molar-refractivity contribution in [2.75, 3.05) is 19.6 Å². The van der Waals surface area contributed by atoms with E-state index in [0.29, 0.717) is 18.4 Å². The molecule has 0 radical (unpaired) electrons. The van der Waals surface area contributed by atoms with Gasteiger partial charge in [0.1, 0.15) is 0 Å². The zero-order chi connectivity index (χ0) is 13.3. The molecule has 0 aromatic rings. The Hall–Kier alpha value is -1.26. The van der Waals surface area contributed by atoms with Crippen molar-refractivity contribution >= 4 is 12.0 Å². The third-order valence-corrected chi connectivity index (χ3v) is 4.29. The van der Waals surface area contributed by atoms with E-state index in [1.165, 1.54) is 0 Å². The first-order valence-corrected chi connectivity index (χ1v) is 6.76. The molecule has 2 fully saturated rings. The molecule has 0 saturated carbocycles. The summed E-state index contributed by atoms with van der Waals surface area (Å²) in [5.41, 5.74) is 0. The first-order valence-electron chi connectivity index (χ1n) is 6.76. The van der Waals surface area contributed by atoms with Gasteiger partial charge in [-0.3, -0.25) is 4.79 Å². The monoisotopic (exact) mass is 254 g/mol. The Morgan fingerprint density at radius 1 is 1.22 bits per heavy atom. The second-order valence-electron chi connectivity index (χ2n) is 5.73. The molecule has 2 heterocycles. The molecule has 5 heteroatoms. The molecule has 2 aliphatic rings. The first-order chi connectivity index (χ1) is 8.49. The van der Waals surface area contributed by atoms with Crippen LogP contribution in [-0.2, 0) is 4.79 Å². The van der Waals surface area contributed by atoms with E-state index in [1.54, 1.807) is 4.90 Å². The Labute approximate surface area is 108 Å². The fraction of sp³-hybridized carbons (Fsp3) is 0.846. The summed E-state index contributed by atoms with van der Waals surface area (Å²) in [4.78, 5) is 26.8. The third-order valence-electron chi connectivity index (χ3n) is 4.29. The lowest BCUT2D eigenvalue weighted by atomic mass is 10.0. The lowest BCUT2D eigenvalue weighted by Gasteiger charge is -2.28. The molecule has 0 aromatic heterocycles. The highest BCUT2D eigenvalue weighted by atomic mass is 16.4. The molecule has 3 unspecified atom stereocenters. The Bertz CT molecular complexity index is 335. The van der Waals surface area contributed by atoms with Crippen molar-refractivity contribution in [3.63, 3.8) is 0 Å². The molecule has 2 rings (SSSR count). The smallest absolute Gasteiger partial charge is 0.320 e. The zero-order valence-corrected chi connectivity index (χ0v) is 11.1. The van der Waals surface area contributed by atoms with Crippen molar-refractivity contribution in [1.29, 1.82) is 0 Å². The van der Waals surface area contributed by atoms with Crippen molar-refractivity contribution in [2.24, 2.45) is 11.8 Å². The second kappa shape index (κ2) is 5.16. The summed E-state index contributed by atoms with van der Waals surface area (Å²) in [7, 11) is 0. The van der Waals surface area contributed by atoms with Crippen LogP contribution in [0.3, 0.4) is 0 Å². The molecule has 2 amide bonds. The second-order valence-corrected chi connectivity index (χ2v) is 5.73. The SMILES string of the molecule is CC1CN(C(=O)N2CCCC2CC(=O)O)CC1C. The Morgan fingerprint density at radius 3 is 2.39 bits per heavy atom. The van der Waals surface area contributed by atoms with Gasteiger partial charge in [-0.15, -0.1) is 0 Å². The number of likely N-dealkylation sites (tertiary alicyclic amines) is 2. The minimum absolute atomic E-state index is 0.0370. The minimum Gasteiger partial charge on any atom is -0.481 e. The van der Waals surface area contributed by atoms with Crippen molar-refractivity contribution < 1.29 is 14.7 Å². The Morgan fingerprint density at radius 2 is 1.83 bits per heavy atom. The van der Waals surface area contributed by atoms with Gasteiger partial charge in [-0.2, -0.15) is 0 Å². The van der Waals surface area contributed by atoms with Crippen LogP contribution in [0.5, 0.6) is 0 Å². The standard InChI is InChI=1S/C13H22N2O3/c1-9-7-14(8-10(9)2)13(18)15-5-3-4-11(15)6-12(16)17/h9-11H,3-8H2,1-2H3,(H,16,17). The molecule has 1 N–H and O–H groups in total. The molecule has 0 bridgehead atoms. The van der Waals surface area contributed by atoms with Crippen LogP contribution < -0.4 is 0 Å². The van der Waals surface area contributed by atoms with Gasteiger partial charge in [0.2, 0.25) is 0 Å². The average molecular weight is 254 g/mol. The van der Waals surface area contributed by atoms with E-state index >= 15 is 0 Å². The van der Waals surface area contributed by atoms with E-state index in [0.717, 1.165) is 25.9 Å². The molecule has 5 nitrogen and oxygen atoms in total. The van der Waals surface area contributed by atoms with Crippen LogP contribution in [0.25, 0.3) is 0 Å². The normalized spacial score (nSPS) is 32.0. The van der Waals surface area contributed by atoms with Crippen LogP contribution in [0.4, 0.5) is 4.79 Å². The molecule has 0 spiro atoms. The number of nitrogens with zero attached hydrogens (tertiary/aromatic N) is 2. The topological polar surface area (TPSA) is 60.9 Å². The fourth-order valence-corrected chi connectivity index (χ4v) is 2.97. The largest absolute Gasteiger partial charge is 0.481 e. The molecule has 2 saturated heterocycles. The van der Waals surface area contributed by atoms with E-state index < -0.39 is 5.97 Å². The highest BCUT2D eigenvalue weighted by Gasteiger charge is 2.36. The maximum atomic E-state index is 12.4. The molecule has 0 aliphatic carbocycles. The van der Waals surface area contributed by atoms with Crippen LogP contribution >= 0.6 is 0 Å².